The lowest BCUT2D eigenvalue weighted by molar-refractivity contribution is -0.136. The van der Waals surface area contributed by atoms with Crippen LogP contribution in [0.2, 0.25) is 0 Å². The van der Waals surface area contributed by atoms with Crippen LogP contribution >= 0.6 is 0 Å². The van der Waals surface area contributed by atoms with Crippen molar-refractivity contribution in [1.82, 2.24) is 24.7 Å². The van der Waals surface area contributed by atoms with Crippen LogP contribution in [0, 0.1) is 11.8 Å². The summed E-state index contributed by atoms with van der Waals surface area (Å²) in [6, 6.07) is 9.44. The van der Waals surface area contributed by atoms with E-state index in [2.05, 4.69) is 39.5 Å². The lowest BCUT2D eigenvalue weighted by Gasteiger charge is -2.37. The minimum Gasteiger partial charge on any atom is -0.337 e. The van der Waals surface area contributed by atoms with Gasteiger partial charge in [0.25, 0.3) is 0 Å². The quantitative estimate of drug-likeness (QED) is 0.578. The van der Waals surface area contributed by atoms with Crippen LogP contribution in [0.1, 0.15) is 57.4 Å². The standard InChI is InChI=1S/C31H39N5O3/c37-29-26(12-7-13-28(24-10-5-2-6-11-24)36(29)20-22-14-15-22)32-30(38)34-18-16-25(17-19-34)35-21-27(33-31(35)39)23-8-3-1-4-9-23/h1-6,8-10,21-22,24-26,28H,7,11-20H2,(H,32,38)(H,33,39)/t24?,26-,28-/m1/s1. The molecule has 4 aliphatic rings. The smallest absolute Gasteiger partial charge is 0.326 e. The van der Waals surface area contributed by atoms with Gasteiger partial charge in [-0.05, 0) is 62.8 Å². The molecule has 1 aromatic heterocycles. The number of piperidine rings is 1. The van der Waals surface area contributed by atoms with Gasteiger partial charge in [0.15, 0.2) is 0 Å². The summed E-state index contributed by atoms with van der Waals surface area (Å²) in [4.78, 5) is 46.6. The van der Waals surface area contributed by atoms with Crippen LogP contribution in [0.5, 0.6) is 0 Å². The summed E-state index contributed by atoms with van der Waals surface area (Å²) >= 11 is 0. The van der Waals surface area contributed by atoms with Gasteiger partial charge in [0.1, 0.15) is 6.04 Å². The summed E-state index contributed by atoms with van der Waals surface area (Å²) in [6.45, 7) is 1.93. The second-order valence-corrected chi connectivity index (χ2v) is 11.6. The number of aromatic nitrogens is 2. The number of benzene rings is 1. The van der Waals surface area contributed by atoms with E-state index in [1.165, 1.54) is 12.8 Å². The van der Waals surface area contributed by atoms with Crippen LogP contribution in [0.25, 0.3) is 11.3 Å². The van der Waals surface area contributed by atoms with Gasteiger partial charge in [-0.25, -0.2) is 9.59 Å². The molecule has 2 aliphatic carbocycles. The van der Waals surface area contributed by atoms with Crippen molar-refractivity contribution in [1.29, 1.82) is 0 Å². The van der Waals surface area contributed by atoms with Crippen LogP contribution in [0.3, 0.4) is 0 Å². The SMILES string of the molecule is O=C(N[C@@H]1CCC[C@H](C2C=CC=CC2)N(CC2CC2)C1=O)N1CCC(n2cc(-c3ccccc3)[nH]c2=O)CC1. The van der Waals surface area contributed by atoms with Crippen molar-refractivity contribution in [2.45, 2.75) is 69.5 Å². The first-order valence-electron chi connectivity index (χ1n) is 14.6. The maximum absolute atomic E-state index is 13.8. The molecule has 8 heteroatoms. The molecule has 8 nitrogen and oxygen atoms in total. The van der Waals surface area contributed by atoms with Crippen LogP contribution < -0.4 is 11.0 Å². The second-order valence-electron chi connectivity index (χ2n) is 11.6. The van der Waals surface area contributed by atoms with Crippen molar-refractivity contribution < 1.29 is 9.59 Å². The van der Waals surface area contributed by atoms with Crippen molar-refractivity contribution in [2.24, 2.45) is 11.8 Å². The summed E-state index contributed by atoms with van der Waals surface area (Å²) in [6.07, 6.45) is 17.9. The Morgan fingerprint density at radius 1 is 0.974 bits per heavy atom. The molecule has 2 aliphatic heterocycles. The Balaban J connectivity index is 1.07. The lowest BCUT2D eigenvalue weighted by atomic mass is 9.89. The summed E-state index contributed by atoms with van der Waals surface area (Å²) < 4.78 is 1.77. The number of amides is 3. The number of nitrogens with zero attached hydrogens (tertiary/aromatic N) is 3. The Kier molecular flexibility index (Phi) is 7.44. The van der Waals surface area contributed by atoms with E-state index in [0.29, 0.717) is 44.2 Å². The molecule has 6 rings (SSSR count). The van der Waals surface area contributed by atoms with Gasteiger partial charge in [0.2, 0.25) is 5.91 Å². The highest BCUT2D eigenvalue weighted by Gasteiger charge is 2.40. The van der Waals surface area contributed by atoms with Crippen LogP contribution in [0.4, 0.5) is 4.79 Å². The number of imidazole rings is 1. The van der Waals surface area contributed by atoms with Crippen LogP contribution in [0.15, 0.2) is 65.6 Å². The molecule has 3 fully saturated rings. The van der Waals surface area contributed by atoms with E-state index in [9.17, 15) is 14.4 Å². The number of H-pyrrole nitrogens is 1. The topological polar surface area (TPSA) is 90.4 Å². The zero-order valence-corrected chi connectivity index (χ0v) is 22.5. The number of carbonyl (C=O) groups excluding carboxylic acids is 2. The third-order valence-corrected chi connectivity index (χ3v) is 8.91. The molecule has 0 bridgehead atoms. The highest BCUT2D eigenvalue weighted by atomic mass is 16.2. The largest absolute Gasteiger partial charge is 0.337 e. The molecule has 3 atom stereocenters. The van der Waals surface area contributed by atoms with Crippen molar-refractivity contribution >= 4 is 11.9 Å². The van der Waals surface area contributed by atoms with Gasteiger partial charge in [-0.3, -0.25) is 9.36 Å². The van der Waals surface area contributed by atoms with E-state index < -0.39 is 6.04 Å². The third-order valence-electron chi connectivity index (χ3n) is 8.91. The first-order valence-corrected chi connectivity index (χ1v) is 14.6. The van der Waals surface area contributed by atoms with Gasteiger partial charge >= 0.3 is 11.7 Å². The number of hydrogen-bond donors (Lipinski definition) is 2. The van der Waals surface area contributed by atoms with E-state index >= 15 is 0 Å². The van der Waals surface area contributed by atoms with Gasteiger partial charge in [0.05, 0.1) is 5.69 Å². The number of rotatable bonds is 6. The average molecular weight is 530 g/mol. The lowest BCUT2D eigenvalue weighted by Crippen LogP contribution is -2.55. The number of aromatic amines is 1. The fraction of sp³-hybridized carbons (Fsp3) is 0.516. The predicted molar refractivity (Wildman–Crippen MR) is 151 cm³/mol. The van der Waals surface area contributed by atoms with E-state index in [-0.39, 0.29) is 29.7 Å². The number of allylic oxidation sites excluding steroid dienone is 3. The van der Waals surface area contributed by atoms with Crippen molar-refractivity contribution in [2.75, 3.05) is 19.6 Å². The van der Waals surface area contributed by atoms with Crippen molar-refractivity contribution in [3.8, 4) is 11.3 Å². The van der Waals surface area contributed by atoms with Crippen molar-refractivity contribution in [3.05, 3.63) is 71.3 Å². The van der Waals surface area contributed by atoms with Crippen LogP contribution in [-0.4, -0.2) is 63.0 Å². The molecule has 3 heterocycles. The third kappa shape index (κ3) is 5.75. The molecule has 1 saturated carbocycles. The maximum atomic E-state index is 13.8. The van der Waals surface area contributed by atoms with Gasteiger partial charge in [-0.2, -0.15) is 0 Å². The maximum Gasteiger partial charge on any atom is 0.326 e. The van der Waals surface area contributed by atoms with Gasteiger partial charge in [-0.1, -0.05) is 54.6 Å². The highest BCUT2D eigenvalue weighted by Crippen LogP contribution is 2.35. The molecule has 2 saturated heterocycles. The molecule has 0 spiro atoms. The van der Waals surface area contributed by atoms with Crippen molar-refractivity contribution in [3.63, 3.8) is 0 Å². The molecule has 39 heavy (non-hydrogen) atoms. The summed E-state index contributed by atoms with van der Waals surface area (Å²) in [5, 5.41) is 3.11. The molecule has 1 aromatic carbocycles. The highest BCUT2D eigenvalue weighted by molar-refractivity contribution is 5.87. The monoisotopic (exact) mass is 529 g/mol. The number of hydrogen-bond acceptors (Lipinski definition) is 3. The minimum absolute atomic E-state index is 0.0437. The Hall–Kier alpha value is -3.55. The Labute approximate surface area is 229 Å². The first-order chi connectivity index (χ1) is 19.1. The fourth-order valence-corrected chi connectivity index (χ4v) is 6.47. The van der Waals surface area contributed by atoms with E-state index in [1.807, 2.05) is 41.4 Å². The number of likely N-dealkylation sites (tertiary alicyclic amines) is 2. The van der Waals surface area contributed by atoms with Gasteiger partial charge < -0.3 is 20.1 Å². The Bertz CT molecular complexity index is 1280. The summed E-state index contributed by atoms with van der Waals surface area (Å²) in [7, 11) is 0. The number of nitrogens with one attached hydrogen (secondary N) is 2. The molecule has 3 amide bonds. The van der Waals surface area contributed by atoms with E-state index in [0.717, 1.165) is 37.1 Å². The summed E-state index contributed by atoms with van der Waals surface area (Å²) in [5.41, 5.74) is 1.67. The molecule has 206 valence electrons. The zero-order chi connectivity index (χ0) is 26.8. The number of urea groups is 1. The molecular formula is C31H39N5O3. The van der Waals surface area contributed by atoms with Crippen LogP contribution in [-0.2, 0) is 4.79 Å². The molecule has 2 aromatic rings. The van der Waals surface area contributed by atoms with Gasteiger partial charge in [0, 0.05) is 43.8 Å². The number of carbonyl (C=O) groups is 2. The summed E-state index contributed by atoms with van der Waals surface area (Å²) in [5.74, 6) is 1.04. The molecular weight excluding hydrogens is 490 g/mol. The Morgan fingerprint density at radius 2 is 1.77 bits per heavy atom. The predicted octanol–water partition coefficient (Wildman–Crippen LogP) is 4.48. The van der Waals surface area contributed by atoms with Gasteiger partial charge in [-0.15, -0.1) is 0 Å². The van der Waals surface area contributed by atoms with E-state index in [4.69, 9.17) is 0 Å². The minimum atomic E-state index is -0.470. The second kappa shape index (κ2) is 11.3. The normalized spacial score (nSPS) is 26.1. The molecule has 1 unspecified atom stereocenters. The Morgan fingerprint density at radius 3 is 2.49 bits per heavy atom. The van der Waals surface area contributed by atoms with E-state index in [1.54, 1.807) is 4.57 Å². The average Bonchev–Trinajstić information content (AvgIpc) is 3.74. The molecule has 0 radical (unpaired) electrons. The zero-order valence-electron chi connectivity index (χ0n) is 22.5. The first kappa shape index (κ1) is 25.7. The fourth-order valence-electron chi connectivity index (χ4n) is 6.47. The molecule has 2 N–H and O–H groups in total.